The summed E-state index contributed by atoms with van der Waals surface area (Å²) in [5.74, 6) is -0.398. The number of hydrogen-bond donors (Lipinski definition) is 0. The predicted molar refractivity (Wildman–Crippen MR) is 87.3 cm³/mol. The fourth-order valence-corrected chi connectivity index (χ4v) is 2.75. The summed E-state index contributed by atoms with van der Waals surface area (Å²) in [6, 6.07) is 5.51. The number of alkyl halides is 4. The molecule has 0 saturated heterocycles. The van der Waals surface area contributed by atoms with E-state index in [2.05, 4.69) is 4.74 Å². The van der Waals surface area contributed by atoms with Gasteiger partial charge in [-0.2, -0.15) is 8.78 Å². The molecule has 0 radical (unpaired) electrons. The minimum atomic E-state index is -4.56. The second-order valence-electron chi connectivity index (χ2n) is 6.78. The molecule has 0 saturated carbocycles. The molecule has 0 spiro atoms. The van der Waals surface area contributed by atoms with Crippen molar-refractivity contribution < 1.29 is 27.1 Å². The van der Waals surface area contributed by atoms with Crippen LogP contribution >= 0.6 is 0 Å². The average molecular weight is 365 g/mol. The van der Waals surface area contributed by atoms with E-state index in [1.807, 2.05) is 0 Å². The minimum Gasteiger partial charge on any atom is -0.428 e. The van der Waals surface area contributed by atoms with Gasteiger partial charge in [0.15, 0.2) is 0 Å². The maximum absolute atomic E-state index is 13.9. The van der Waals surface area contributed by atoms with E-state index in [0.717, 1.165) is 5.56 Å². The van der Waals surface area contributed by atoms with Gasteiger partial charge in [-0.3, -0.25) is 4.79 Å². The number of benzene rings is 1. The molecule has 0 fully saturated rings. The molecule has 0 aliphatic carbocycles. The van der Waals surface area contributed by atoms with Crippen molar-refractivity contribution in [2.75, 3.05) is 13.6 Å². The highest BCUT2D eigenvalue weighted by Crippen LogP contribution is 2.42. The van der Waals surface area contributed by atoms with Crippen LogP contribution in [0.4, 0.5) is 17.6 Å². The lowest BCUT2D eigenvalue weighted by Crippen LogP contribution is -2.59. The van der Waals surface area contributed by atoms with Crippen LogP contribution < -0.4 is 4.74 Å². The maximum atomic E-state index is 13.9. The van der Waals surface area contributed by atoms with Crippen LogP contribution in [0.2, 0.25) is 19.6 Å². The predicted octanol–water partition coefficient (Wildman–Crippen LogP) is 4.19. The number of carbonyl (C=O) groups excluding carboxylic acids is 1. The standard InChI is InChI=1S/C16H23F4NO2Si/c1-12(22)21(2)11-10-13-6-8-14(9-7-13)23-15(17,18)16(19,20)24(3,4)5/h6-9H,10-11H2,1-5H3. The Labute approximate surface area is 140 Å². The van der Waals surface area contributed by atoms with Crippen molar-refractivity contribution in [3.63, 3.8) is 0 Å². The van der Waals surface area contributed by atoms with E-state index in [1.165, 1.54) is 55.7 Å². The molecule has 0 heterocycles. The molecule has 24 heavy (non-hydrogen) atoms. The first-order valence-corrected chi connectivity index (χ1v) is 11.0. The summed E-state index contributed by atoms with van der Waals surface area (Å²) in [7, 11) is -1.82. The molecule has 1 rings (SSSR count). The molecule has 3 nitrogen and oxygen atoms in total. The molecule has 0 bridgehead atoms. The number of rotatable bonds is 7. The Morgan fingerprint density at radius 1 is 1.12 bits per heavy atom. The van der Waals surface area contributed by atoms with Gasteiger partial charge in [-0.15, -0.1) is 0 Å². The molecule has 0 aliphatic heterocycles. The zero-order valence-electron chi connectivity index (χ0n) is 14.5. The maximum Gasteiger partial charge on any atom is 0.459 e. The second-order valence-corrected chi connectivity index (χ2v) is 11.9. The summed E-state index contributed by atoms with van der Waals surface area (Å²) in [6.45, 7) is 5.41. The monoisotopic (exact) mass is 365 g/mol. The van der Waals surface area contributed by atoms with E-state index in [4.69, 9.17) is 0 Å². The Morgan fingerprint density at radius 3 is 2.04 bits per heavy atom. The second kappa shape index (κ2) is 7.12. The Hall–Kier alpha value is -1.57. The lowest BCUT2D eigenvalue weighted by Gasteiger charge is -2.34. The Balaban J connectivity index is 2.78. The number of halogens is 4. The topological polar surface area (TPSA) is 29.5 Å². The fraction of sp³-hybridized carbons (Fsp3) is 0.562. The molecule has 0 atom stereocenters. The van der Waals surface area contributed by atoms with Gasteiger partial charge in [0.1, 0.15) is 13.8 Å². The lowest BCUT2D eigenvalue weighted by molar-refractivity contribution is -0.278. The molecule has 0 aromatic heterocycles. The van der Waals surface area contributed by atoms with Gasteiger partial charge in [0.05, 0.1) is 0 Å². The van der Waals surface area contributed by atoms with Crippen molar-refractivity contribution in [1.29, 1.82) is 0 Å². The Morgan fingerprint density at radius 2 is 1.62 bits per heavy atom. The zero-order chi connectivity index (χ0) is 18.8. The largest absolute Gasteiger partial charge is 0.459 e. The van der Waals surface area contributed by atoms with Gasteiger partial charge in [-0.25, -0.2) is 8.78 Å². The van der Waals surface area contributed by atoms with Crippen LogP contribution in [0.3, 0.4) is 0 Å². The molecule has 1 aromatic rings. The highest BCUT2D eigenvalue weighted by molar-refractivity contribution is 6.78. The van der Waals surface area contributed by atoms with E-state index in [-0.39, 0.29) is 11.7 Å². The molecular formula is C16H23F4NO2Si. The first-order valence-electron chi connectivity index (χ1n) is 7.53. The summed E-state index contributed by atoms with van der Waals surface area (Å²) < 4.78 is 59.8. The average Bonchev–Trinajstić information content (AvgIpc) is 2.44. The third-order valence-electron chi connectivity index (χ3n) is 3.75. The highest BCUT2D eigenvalue weighted by atomic mass is 28.3. The van der Waals surface area contributed by atoms with Crippen molar-refractivity contribution in [3.05, 3.63) is 29.8 Å². The van der Waals surface area contributed by atoms with Crippen LogP contribution in [0.1, 0.15) is 12.5 Å². The summed E-state index contributed by atoms with van der Waals surface area (Å²) in [5.41, 5.74) is -3.40. The quantitative estimate of drug-likeness (QED) is 0.536. The van der Waals surface area contributed by atoms with Crippen molar-refractivity contribution in [2.24, 2.45) is 0 Å². The Bertz CT molecular complexity index is 570. The molecule has 8 heteroatoms. The van der Waals surface area contributed by atoms with E-state index in [1.54, 1.807) is 7.05 Å². The normalized spacial score (nSPS) is 12.9. The number of likely N-dealkylation sites (N-methyl/N-ethyl adjacent to an activating group) is 1. The van der Waals surface area contributed by atoms with Crippen LogP contribution in [0.25, 0.3) is 0 Å². The van der Waals surface area contributed by atoms with E-state index in [0.29, 0.717) is 13.0 Å². The van der Waals surface area contributed by atoms with Gasteiger partial charge in [0, 0.05) is 20.5 Å². The molecule has 0 unspecified atom stereocenters. The van der Waals surface area contributed by atoms with Crippen molar-refractivity contribution in [3.8, 4) is 5.75 Å². The third-order valence-corrected chi connectivity index (χ3v) is 5.93. The molecule has 0 N–H and O–H groups in total. The molecule has 1 aromatic carbocycles. The van der Waals surface area contributed by atoms with Crippen LogP contribution in [-0.2, 0) is 11.2 Å². The number of ether oxygens (including phenoxy) is 1. The van der Waals surface area contributed by atoms with E-state index < -0.39 is 19.7 Å². The molecule has 0 aliphatic rings. The van der Waals surface area contributed by atoms with Crippen molar-refractivity contribution in [2.45, 2.75) is 44.6 Å². The first-order chi connectivity index (χ1) is 10.8. The summed E-state index contributed by atoms with van der Waals surface area (Å²) in [6.07, 6.45) is -4.04. The molecule has 136 valence electrons. The summed E-state index contributed by atoms with van der Waals surface area (Å²) in [5, 5.41) is 0. The SMILES string of the molecule is CC(=O)N(C)CCc1ccc(OC(F)(F)C(F)(F)[Si](C)(C)C)cc1. The minimum absolute atomic E-state index is 0.0804. The zero-order valence-corrected chi connectivity index (χ0v) is 15.5. The Kier molecular flexibility index (Phi) is 6.08. The van der Waals surface area contributed by atoms with Gasteiger partial charge in [0.2, 0.25) is 5.91 Å². The fourth-order valence-electron chi connectivity index (χ4n) is 1.83. The van der Waals surface area contributed by atoms with Crippen LogP contribution in [0.5, 0.6) is 5.75 Å². The van der Waals surface area contributed by atoms with Gasteiger partial charge in [-0.1, -0.05) is 31.8 Å². The molecule has 1 amide bonds. The van der Waals surface area contributed by atoms with E-state index >= 15 is 0 Å². The highest BCUT2D eigenvalue weighted by Gasteiger charge is 2.66. The van der Waals surface area contributed by atoms with E-state index in [9.17, 15) is 22.4 Å². The third kappa shape index (κ3) is 4.72. The van der Waals surface area contributed by atoms with Crippen LogP contribution in [-0.4, -0.2) is 44.1 Å². The number of hydrogen-bond acceptors (Lipinski definition) is 2. The molecular weight excluding hydrogens is 342 g/mol. The van der Waals surface area contributed by atoms with Crippen LogP contribution in [0.15, 0.2) is 24.3 Å². The number of nitrogens with zero attached hydrogens (tertiary/aromatic N) is 1. The number of carbonyl (C=O) groups is 1. The first kappa shape index (κ1) is 20.5. The van der Waals surface area contributed by atoms with Crippen LogP contribution in [0, 0.1) is 0 Å². The van der Waals surface area contributed by atoms with Gasteiger partial charge in [0.25, 0.3) is 0 Å². The lowest BCUT2D eigenvalue weighted by atomic mass is 10.1. The summed E-state index contributed by atoms with van der Waals surface area (Å²) >= 11 is 0. The van der Waals surface area contributed by atoms with Crippen molar-refractivity contribution >= 4 is 14.0 Å². The van der Waals surface area contributed by atoms with Crippen molar-refractivity contribution in [1.82, 2.24) is 4.90 Å². The summed E-state index contributed by atoms with van der Waals surface area (Å²) in [4.78, 5) is 12.6. The smallest absolute Gasteiger partial charge is 0.428 e. The van der Waals surface area contributed by atoms with Gasteiger partial charge in [-0.05, 0) is 24.1 Å². The van der Waals surface area contributed by atoms with Gasteiger partial charge < -0.3 is 9.64 Å². The number of amides is 1. The van der Waals surface area contributed by atoms with Gasteiger partial charge >= 0.3 is 11.7 Å².